The molecule has 3 N–H and O–H groups in total. The Kier molecular flexibility index (Phi) is 5.78. The first-order valence-electron chi connectivity index (χ1n) is 8.71. The Morgan fingerprint density at radius 1 is 1.15 bits per heavy atom. The largest absolute Gasteiger partial charge is 0.334 e. The second-order valence-corrected chi connectivity index (χ2v) is 6.94. The Bertz CT molecular complexity index is 805. The number of hydrogen-bond acceptors (Lipinski definition) is 2. The number of carbonyl (C=O) groups excluding carboxylic acids is 2. The monoisotopic (exact) mass is 371 g/mol. The summed E-state index contributed by atoms with van der Waals surface area (Å²) in [7, 11) is 0. The SMILES string of the molecule is CC(NC(=O)NCc1cccc(NC(=O)C2CC2)c1)c1ccccc1Cl. The average Bonchev–Trinajstić information content (AvgIpc) is 3.46. The van der Waals surface area contributed by atoms with E-state index in [1.54, 1.807) is 6.07 Å². The molecule has 0 aliphatic heterocycles. The standard InChI is InChI=1S/C20H22ClN3O2/c1-13(17-7-2-3-8-18(17)21)23-20(26)22-12-14-5-4-6-16(11-14)24-19(25)15-9-10-15/h2-8,11,13,15H,9-10,12H2,1H3,(H,24,25)(H2,22,23,26). The molecule has 1 fully saturated rings. The predicted molar refractivity (Wildman–Crippen MR) is 103 cm³/mol. The number of hydrogen-bond donors (Lipinski definition) is 3. The zero-order chi connectivity index (χ0) is 18.5. The smallest absolute Gasteiger partial charge is 0.315 e. The highest BCUT2D eigenvalue weighted by molar-refractivity contribution is 6.31. The maximum Gasteiger partial charge on any atom is 0.315 e. The fourth-order valence-electron chi connectivity index (χ4n) is 2.68. The van der Waals surface area contributed by atoms with E-state index in [1.165, 1.54) is 0 Å². The molecule has 1 unspecified atom stereocenters. The number of carbonyl (C=O) groups is 2. The Balaban J connectivity index is 1.51. The van der Waals surface area contributed by atoms with Gasteiger partial charge in [0.1, 0.15) is 0 Å². The summed E-state index contributed by atoms with van der Waals surface area (Å²) in [5.41, 5.74) is 2.54. The van der Waals surface area contributed by atoms with Crippen LogP contribution < -0.4 is 16.0 Å². The summed E-state index contributed by atoms with van der Waals surface area (Å²) < 4.78 is 0. The van der Waals surface area contributed by atoms with Gasteiger partial charge in [0, 0.05) is 23.2 Å². The second-order valence-electron chi connectivity index (χ2n) is 6.53. The summed E-state index contributed by atoms with van der Waals surface area (Å²) in [5.74, 6) is 0.232. The average molecular weight is 372 g/mol. The quantitative estimate of drug-likeness (QED) is 0.710. The van der Waals surface area contributed by atoms with Gasteiger partial charge in [-0.15, -0.1) is 0 Å². The molecular formula is C20H22ClN3O2. The van der Waals surface area contributed by atoms with Gasteiger partial charge in [-0.05, 0) is 49.1 Å². The molecule has 1 saturated carbocycles. The molecule has 26 heavy (non-hydrogen) atoms. The zero-order valence-corrected chi connectivity index (χ0v) is 15.3. The lowest BCUT2D eigenvalue weighted by molar-refractivity contribution is -0.117. The van der Waals surface area contributed by atoms with Crippen molar-refractivity contribution in [3.8, 4) is 0 Å². The van der Waals surface area contributed by atoms with Crippen LogP contribution in [0.5, 0.6) is 0 Å². The fourth-order valence-corrected chi connectivity index (χ4v) is 2.98. The molecule has 5 nitrogen and oxygen atoms in total. The van der Waals surface area contributed by atoms with Crippen molar-refractivity contribution in [2.45, 2.75) is 32.4 Å². The van der Waals surface area contributed by atoms with E-state index >= 15 is 0 Å². The van der Waals surface area contributed by atoms with Gasteiger partial charge in [-0.25, -0.2) is 4.79 Å². The van der Waals surface area contributed by atoms with Gasteiger partial charge < -0.3 is 16.0 Å². The molecule has 0 heterocycles. The summed E-state index contributed by atoms with van der Waals surface area (Å²) >= 11 is 6.15. The first kappa shape index (κ1) is 18.3. The third kappa shape index (κ3) is 4.99. The van der Waals surface area contributed by atoms with Crippen LogP contribution >= 0.6 is 11.6 Å². The van der Waals surface area contributed by atoms with Crippen LogP contribution in [-0.4, -0.2) is 11.9 Å². The third-order valence-corrected chi connectivity index (χ3v) is 4.66. The molecular weight excluding hydrogens is 350 g/mol. The lowest BCUT2D eigenvalue weighted by atomic mass is 10.1. The van der Waals surface area contributed by atoms with E-state index in [9.17, 15) is 9.59 Å². The minimum absolute atomic E-state index is 0.0708. The van der Waals surface area contributed by atoms with Crippen LogP contribution in [0.3, 0.4) is 0 Å². The number of anilines is 1. The van der Waals surface area contributed by atoms with Crippen molar-refractivity contribution in [3.05, 3.63) is 64.7 Å². The highest BCUT2D eigenvalue weighted by Crippen LogP contribution is 2.30. The summed E-state index contributed by atoms with van der Waals surface area (Å²) in [6, 6.07) is 14.5. The molecule has 136 valence electrons. The summed E-state index contributed by atoms with van der Waals surface area (Å²) in [4.78, 5) is 24.0. The van der Waals surface area contributed by atoms with E-state index in [4.69, 9.17) is 11.6 Å². The van der Waals surface area contributed by atoms with Crippen LogP contribution in [0.2, 0.25) is 5.02 Å². The van der Waals surface area contributed by atoms with Crippen LogP contribution in [0.4, 0.5) is 10.5 Å². The molecule has 3 rings (SSSR count). The molecule has 6 heteroatoms. The van der Waals surface area contributed by atoms with E-state index in [2.05, 4.69) is 16.0 Å². The number of benzene rings is 2. The van der Waals surface area contributed by atoms with Crippen LogP contribution in [0.15, 0.2) is 48.5 Å². The van der Waals surface area contributed by atoms with E-state index in [-0.39, 0.29) is 23.9 Å². The Morgan fingerprint density at radius 2 is 1.92 bits per heavy atom. The highest BCUT2D eigenvalue weighted by atomic mass is 35.5. The lowest BCUT2D eigenvalue weighted by Crippen LogP contribution is -2.36. The van der Waals surface area contributed by atoms with E-state index in [1.807, 2.05) is 49.4 Å². The molecule has 2 aromatic carbocycles. The Morgan fingerprint density at radius 3 is 2.65 bits per heavy atom. The van der Waals surface area contributed by atoms with Crippen LogP contribution in [0.25, 0.3) is 0 Å². The van der Waals surface area contributed by atoms with E-state index < -0.39 is 0 Å². The molecule has 1 aliphatic rings. The molecule has 0 radical (unpaired) electrons. The van der Waals surface area contributed by atoms with E-state index in [0.717, 1.165) is 29.7 Å². The molecule has 1 atom stereocenters. The van der Waals surface area contributed by atoms with Crippen LogP contribution in [0.1, 0.15) is 36.9 Å². The number of amides is 3. The third-order valence-electron chi connectivity index (χ3n) is 4.32. The van der Waals surface area contributed by atoms with Crippen molar-refractivity contribution in [1.29, 1.82) is 0 Å². The van der Waals surface area contributed by atoms with Crippen LogP contribution in [-0.2, 0) is 11.3 Å². The van der Waals surface area contributed by atoms with Gasteiger partial charge in [-0.3, -0.25) is 4.79 Å². The Hall–Kier alpha value is -2.53. The highest BCUT2D eigenvalue weighted by Gasteiger charge is 2.29. The van der Waals surface area contributed by atoms with Gasteiger partial charge in [0.05, 0.1) is 6.04 Å². The van der Waals surface area contributed by atoms with Crippen molar-refractivity contribution in [2.75, 3.05) is 5.32 Å². The van der Waals surface area contributed by atoms with Gasteiger partial charge in [0.2, 0.25) is 5.91 Å². The van der Waals surface area contributed by atoms with Crippen molar-refractivity contribution >= 4 is 29.2 Å². The van der Waals surface area contributed by atoms with Gasteiger partial charge in [0.25, 0.3) is 0 Å². The Labute approximate surface area is 158 Å². The first-order valence-corrected chi connectivity index (χ1v) is 9.09. The van der Waals surface area contributed by atoms with Crippen molar-refractivity contribution in [2.24, 2.45) is 5.92 Å². The lowest BCUT2D eigenvalue weighted by Gasteiger charge is -2.16. The summed E-state index contributed by atoms with van der Waals surface area (Å²) in [6.07, 6.45) is 1.94. The number of rotatable bonds is 6. The minimum atomic E-state index is -0.273. The van der Waals surface area contributed by atoms with Gasteiger partial charge in [-0.1, -0.05) is 41.9 Å². The maximum atomic E-state index is 12.1. The fraction of sp³-hybridized carbons (Fsp3) is 0.300. The molecule has 2 aromatic rings. The summed E-state index contributed by atoms with van der Waals surface area (Å²) in [6.45, 7) is 2.25. The minimum Gasteiger partial charge on any atom is -0.334 e. The van der Waals surface area contributed by atoms with E-state index in [0.29, 0.717) is 11.6 Å². The van der Waals surface area contributed by atoms with Gasteiger partial charge in [0.15, 0.2) is 0 Å². The molecule has 0 bridgehead atoms. The number of halogens is 1. The molecule has 0 spiro atoms. The maximum absolute atomic E-state index is 12.1. The molecule has 3 amide bonds. The predicted octanol–water partition coefficient (Wildman–Crippen LogP) is 4.25. The zero-order valence-electron chi connectivity index (χ0n) is 14.6. The topological polar surface area (TPSA) is 70.2 Å². The first-order chi connectivity index (χ1) is 12.5. The normalized spacial score (nSPS) is 14.4. The number of urea groups is 1. The second kappa shape index (κ2) is 8.23. The van der Waals surface area contributed by atoms with Crippen LogP contribution in [0, 0.1) is 5.92 Å². The van der Waals surface area contributed by atoms with Crippen molar-refractivity contribution in [1.82, 2.24) is 10.6 Å². The van der Waals surface area contributed by atoms with Gasteiger partial charge >= 0.3 is 6.03 Å². The van der Waals surface area contributed by atoms with Gasteiger partial charge in [-0.2, -0.15) is 0 Å². The number of nitrogens with one attached hydrogen (secondary N) is 3. The van der Waals surface area contributed by atoms with Crippen molar-refractivity contribution in [3.63, 3.8) is 0 Å². The summed E-state index contributed by atoms with van der Waals surface area (Å²) in [5, 5.41) is 9.24. The molecule has 0 aromatic heterocycles. The molecule has 0 saturated heterocycles. The van der Waals surface area contributed by atoms with Crippen molar-refractivity contribution < 1.29 is 9.59 Å². The molecule has 1 aliphatic carbocycles.